The zero-order valence-electron chi connectivity index (χ0n) is 13.2. The topological polar surface area (TPSA) is 86.8 Å². The zero-order valence-corrected chi connectivity index (χ0v) is 13.2. The summed E-state index contributed by atoms with van der Waals surface area (Å²) in [6.45, 7) is 5.17. The molecule has 0 radical (unpaired) electrons. The van der Waals surface area contributed by atoms with Crippen LogP contribution < -0.4 is 5.73 Å². The fourth-order valence-electron chi connectivity index (χ4n) is 2.19. The first-order valence-electron chi connectivity index (χ1n) is 7.56. The van der Waals surface area contributed by atoms with Crippen LogP contribution in [0.5, 0.6) is 0 Å². The highest BCUT2D eigenvalue weighted by atomic mass is 16.5. The number of nitrogen functional groups attached to an aromatic ring is 1. The second-order valence-corrected chi connectivity index (χ2v) is 5.72. The third-order valence-electron chi connectivity index (χ3n) is 3.25. The van der Waals surface area contributed by atoms with Gasteiger partial charge in [-0.25, -0.2) is 15.0 Å². The van der Waals surface area contributed by atoms with Crippen molar-refractivity contribution in [1.29, 1.82) is 0 Å². The summed E-state index contributed by atoms with van der Waals surface area (Å²) in [5.41, 5.74) is 8.12. The normalized spacial score (nSPS) is 11.3. The van der Waals surface area contributed by atoms with E-state index in [1.54, 1.807) is 6.20 Å². The summed E-state index contributed by atoms with van der Waals surface area (Å²) in [7, 11) is 0. The first-order chi connectivity index (χ1) is 11.1. The van der Waals surface area contributed by atoms with Crippen molar-refractivity contribution in [3.8, 4) is 11.4 Å². The molecule has 0 saturated carbocycles. The van der Waals surface area contributed by atoms with Gasteiger partial charge in [0.05, 0.1) is 16.8 Å². The lowest BCUT2D eigenvalue weighted by atomic mass is 10.2. The van der Waals surface area contributed by atoms with Crippen LogP contribution in [0.25, 0.3) is 22.4 Å². The van der Waals surface area contributed by atoms with E-state index in [-0.39, 0.29) is 0 Å². The molecular weight excluding hydrogens is 290 g/mol. The number of ether oxygens (including phenoxy) is 1. The molecule has 23 heavy (non-hydrogen) atoms. The van der Waals surface area contributed by atoms with Gasteiger partial charge in [-0.1, -0.05) is 19.9 Å². The number of aromatic nitrogens is 4. The van der Waals surface area contributed by atoms with Gasteiger partial charge in [-0.15, -0.1) is 0 Å². The van der Waals surface area contributed by atoms with Crippen molar-refractivity contribution in [2.24, 2.45) is 5.92 Å². The molecule has 0 aliphatic carbocycles. The van der Waals surface area contributed by atoms with Crippen LogP contribution in [-0.2, 0) is 11.3 Å². The Kier molecular flexibility index (Phi) is 4.43. The third-order valence-corrected chi connectivity index (χ3v) is 3.25. The van der Waals surface area contributed by atoms with Crippen LogP contribution in [0.2, 0.25) is 0 Å². The fraction of sp³-hybridized carbons (Fsp3) is 0.294. The zero-order chi connectivity index (χ0) is 16.2. The maximum Gasteiger partial charge on any atom is 0.165 e. The minimum absolute atomic E-state index is 0.327. The average Bonchev–Trinajstić information content (AvgIpc) is 2.55. The van der Waals surface area contributed by atoms with E-state index in [2.05, 4.69) is 33.8 Å². The molecular formula is C17H19N5O. The molecule has 0 unspecified atom stereocenters. The molecule has 0 spiro atoms. The average molecular weight is 309 g/mol. The van der Waals surface area contributed by atoms with E-state index in [9.17, 15) is 0 Å². The second-order valence-electron chi connectivity index (χ2n) is 5.72. The lowest BCUT2D eigenvalue weighted by molar-refractivity contribution is 0.0925. The van der Waals surface area contributed by atoms with Crippen molar-refractivity contribution in [1.82, 2.24) is 19.9 Å². The lowest BCUT2D eigenvalue weighted by Gasteiger charge is -2.08. The van der Waals surface area contributed by atoms with E-state index in [0.717, 1.165) is 16.8 Å². The van der Waals surface area contributed by atoms with Crippen LogP contribution in [0.3, 0.4) is 0 Å². The summed E-state index contributed by atoms with van der Waals surface area (Å²) in [6.07, 6.45) is 1.74. The standard InChI is InChI=1S/C17H19N5O/c1-11(2)9-23-10-15-21-16(18)12-6-7-14(20-17(12)22-15)13-5-3-4-8-19-13/h3-8,11H,9-10H2,1-2H3,(H2,18,20,21,22). The van der Waals surface area contributed by atoms with Gasteiger partial charge >= 0.3 is 0 Å². The van der Waals surface area contributed by atoms with E-state index in [0.29, 0.717) is 36.4 Å². The number of hydrogen-bond donors (Lipinski definition) is 1. The maximum absolute atomic E-state index is 6.02. The molecule has 0 aliphatic heterocycles. The predicted octanol–water partition coefficient (Wildman–Crippen LogP) is 2.84. The number of nitrogens with zero attached hydrogens (tertiary/aromatic N) is 4. The minimum atomic E-state index is 0.327. The van der Waals surface area contributed by atoms with Crippen molar-refractivity contribution in [3.05, 3.63) is 42.4 Å². The quantitative estimate of drug-likeness (QED) is 0.780. The first-order valence-corrected chi connectivity index (χ1v) is 7.56. The van der Waals surface area contributed by atoms with Gasteiger partial charge in [-0.3, -0.25) is 4.98 Å². The number of rotatable bonds is 5. The van der Waals surface area contributed by atoms with Crippen LogP contribution in [0.15, 0.2) is 36.5 Å². The molecule has 3 aromatic rings. The molecule has 118 valence electrons. The highest BCUT2D eigenvalue weighted by Gasteiger charge is 2.09. The van der Waals surface area contributed by atoms with Crippen molar-refractivity contribution in [2.45, 2.75) is 20.5 Å². The Balaban J connectivity index is 1.93. The van der Waals surface area contributed by atoms with E-state index in [1.807, 2.05) is 30.3 Å². The van der Waals surface area contributed by atoms with Gasteiger partial charge in [0.2, 0.25) is 0 Å². The van der Waals surface area contributed by atoms with E-state index in [4.69, 9.17) is 10.5 Å². The van der Waals surface area contributed by atoms with Crippen LogP contribution in [0.4, 0.5) is 5.82 Å². The Bertz CT molecular complexity index is 805. The van der Waals surface area contributed by atoms with E-state index >= 15 is 0 Å². The highest BCUT2D eigenvalue weighted by molar-refractivity contribution is 5.86. The Labute approximate surface area is 134 Å². The summed E-state index contributed by atoms with van der Waals surface area (Å²) < 4.78 is 5.58. The molecule has 6 heteroatoms. The molecule has 3 rings (SSSR count). The smallest absolute Gasteiger partial charge is 0.165 e. The summed E-state index contributed by atoms with van der Waals surface area (Å²) >= 11 is 0. The molecule has 3 heterocycles. The van der Waals surface area contributed by atoms with Crippen molar-refractivity contribution in [3.63, 3.8) is 0 Å². The summed E-state index contributed by atoms with van der Waals surface area (Å²) in [6, 6.07) is 9.45. The number of anilines is 1. The van der Waals surface area contributed by atoms with Gasteiger partial charge in [-0.05, 0) is 30.2 Å². The maximum atomic E-state index is 6.02. The Hall–Kier alpha value is -2.60. The lowest BCUT2D eigenvalue weighted by Crippen LogP contribution is -2.07. The minimum Gasteiger partial charge on any atom is -0.383 e. The van der Waals surface area contributed by atoms with Gasteiger partial charge in [0.25, 0.3) is 0 Å². The molecule has 0 fully saturated rings. The molecule has 0 aromatic carbocycles. The fourth-order valence-corrected chi connectivity index (χ4v) is 2.19. The first kappa shape index (κ1) is 15.3. The van der Waals surface area contributed by atoms with Gasteiger partial charge in [0.15, 0.2) is 11.5 Å². The molecule has 2 N–H and O–H groups in total. The Morgan fingerprint density at radius 1 is 1.04 bits per heavy atom. The number of fused-ring (bicyclic) bond motifs is 1. The van der Waals surface area contributed by atoms with E-state index < -0.39 is 0 Å². The Morgan fingerprint density at radius 3 is 2.65 bits per heavy atom. The van der Waals surface area contributed by atoms with Crippen LogP contribution in [0.1, 0.15) is 19.7 Å². The van der Waals surface area contributed by atoms with Crippen molar-refractivity contribution < 1.29 is 4.74 Å². The molecule has 0 amide bonds. The molecule has 0 saturated heterocycles. The monoisotopic (exact) mass is 309 g/mol. The van der Waals surface area contributed by atoms with Crippen LogP contribution in [-0.4, -0.2) is 26.5 Å². The summed E-state index contributed by atoms with van der Waals surface area (Å²) in [5, 5.41) is 0.734. The largest absolute Gasteiger partial charge is 0.383 e. The third kappa shape index (κ3) is 3.60. The van der Waals surface area contributed by atoms with Gasteiger partial charge in [-0.2, -0.15) is 0 Å². The van der Waals surface area contributed by atoms with Crippen molar-refractivity contribution >= 4 is 16.9 Å². The van der Waals surface area contributed by atoms with E-state index in [1.165, 1.54) is 0 Å². The van der Waals surface area contributed by atoms with Gasteiger partial charge in [0, 0.05) is 12.8 Å². The highest BCUT2D eigenvalue weighted by Crippen LogP contribution is 2.21. The van der Waals surface area contributed by atoms with Gasteiger partial charge < -0.3 is 10.5 Å². The number of pyridine rings is 2. The Morgan fingerprint density at radius 2 is 1.91 bits per heavy atom. The molecule has 0 bridgehead atoms. The van der Waals surface area contributed by atoms with Gasteiger partial charge in [0.1, 0.15) is 12.4 Å². The molecule has 0 atom stereocenters. The number of nitrogens with two attached hydrogens (primary N) is 1. The second kappa shape index (κ2) is 6.66. The molecule has 6 nitrogen and oxygen atoms in total. The molecule has 3 aromatic heterocycles. The van der Waals surface area contributed by atoms with Crippen LogP contribution >= 0.6 is 0 Å². The molecule has 0 aliphatic rings. The predicted molar refractivity (Wildman–Crippen MR) is 89.5 cm³/mol. The summed E-state index contributed by atoms with van der Waals surface area (Å²) in [4.78, 5) is 17.6. The summed E-state index contributed by atoms with van der Waals surface area (Å²) in [5.74, 6) is 1.42. The van der Waals surface area contributed by atoms with Crippen LogP contribution in [0, 0.1) is 5.92 Å². The van der Waals surface area contributed by atoms with Crippen molar-refractivity contribution in [2.75, 3.05) is 12.3 Å². The number of hydrogen-bond acceptors (Lipinski definition) is 6. The SMILES string of the molecule is CC(C)COCc1nc(N)c2ccc(-c3ccccn3)nc2n1.